The highest BCUT2D eigenvalue weighted by Crippen LogP contribution is 2.34. The van der Waals surface area contributed by atoms with E-state index in [9.17, 15) is 14.4 Å². The Bertz CT molecular complexity index is 1200. The topological polar surface area (TPSA) is 116 Å². The van der Waals surface area contributed by atoms with Gasteiger partial charge in [0, 0.05) is 45.1 Å². The lowest BCUT2D eigenvalue weighted by atomic mass is 9.99. The molecule has 2 amide bonds. The van der Waals surface area contributed by atoms with E-state index < -0.39 is 17.9 Å². The summed E-state index contributed by atoms with van der Waals surface area (Å²) in [6.45, 7) is 5.15. The van der Waals surface area contributed by atoms with Crippen molar-refractivity contribution in [3.05, 3.63) is 52.0 Å². The fourth-order valence-corrected chi connectivity index (χ4v) is 5.34. The lowest BCUT2D eigenvalue weighted by molar-refractivity contribution is -0.137. The number of aliphatic carboxylic acids is 1. The van der Waals surface area contributed by atoms with Gasteiger partial charge in [-0.1, -0.05) is 35.3 Å². The van der Waals surface area contributed by atoms with Crippen molar-refractivity contribution in [1.29, 1.82) is 0 Å². The predicted molar refractivity (Wildman–Crippen MR) is 152 cm³/mol. The highest BCUT2D eigenvalue weighted by Gasteiger charge is 2.33. The van der Waals surface area contributed by atoms with Gasteiger partial charge < -0.3 is 20.5 Å². The van der Waals surface area contributed by atoms with Crippen molar-refractivity contribution >= 4 is 52.4 Å². The van der Waals surface area contributed by atoms with Gasteiger partial charge in [-0.15, -0.1) is 0 Å². The smallest absolute Gasteiger partial charge is 0.303 e. The maximum absolute atomic E-state index is 12.9. The highest BCUT2D eigenvalue weighted by atomic mass is 35.5. The summed E-state index contributed by atoms with van der Waals surface area (Å²) in [7, 11) is 0. The van der Waals surface area contributed by atoms with Crippen LogP contribution >= 0.6 is 23.2 Å². The zero-order valence-electron chi connectivity index (χ0n) is 21.8. The largest absolute Gasteiger partial charge is 0.494 e. The van der Waals surface area contributed by atoms with Crippen molar-refractivity contribution in [3.8, 4) is 5.75 Å². The van der Waals surface area contributed by atoms with Gasteiger partial charge in [-0.2, -0.15) is 0 Å². The average Bonchev–Trinajstić information content (AvgIpc) is 2.93. The van der Waals surface area contributed by atoms with Crippen LogP contribution in [0.2, 0.25) is 10.0 Å². The Kier molecular flexibility index (Phi) is 10.1. The minimum Gasteiger partial charge on any atom is -0.494 e. The Morgan fingerprint density at radius 1 is 1.03 bits per heavy atom. The van der Waals surface area contributed by atoms with Crippen molar-refractivity contribution in [3.63, 3.8) is 0 Å². The molecule has 11 heteroatoms. The first-order valence-corrected chi connectivity index (χ1v) is 14.0. The molecule has 2 heterocycles. The number of nitrogens with zero attached hydrogens (tertiary/aromatic N) is 3. The fraction of sp³-hybridized carbons (Fsp3) is 0.464. The fourth-order valence-electron chi connectivity index (χ4n) is 4.93. The number of fused-ring (bicyclic) bond motifs is 1. The number of imide groups is 1. The number of hydrogen-bond donors (Lipinski definition) is 2. The number of anilines is 2. The predicted octanol–water partition coefficient (Wildman–Crippen LogP) is 3.97. The molecule has 0 spiro atoms. The molecule has 1 atom stereocenters. The summed E-state index contributed by atoms with van der Waals surface area (Å²) in [4.78, 5) is 42.2. The standard InChI is InChI=1S/C28H34Cl2N4O5/c29-21-4-3-5-23(27(21)30)33-15-13-32(14-16-33)12-1-2-17-39-20-8-6-19-7-10-25(35)34(24(19)18-20)28(38)22(31)9-11-26(36)37/h3-6,8,18,22H,1-2,7,9-17,31H2,(H,36,37). The molecule has 2 aliphatic heterocycles. The maximum Gasteiger partial charge on any atom is 0.303 e. The minimum absolute atomic E-state index is 0.0348. The first-order chi connectivity index (χ1) is 18.7. The van der Waals surface area contributed by atoms with E-state index in [1.165, 1.54) is 0 Å². The second kappa shape index (κ2) is 13.5. The number of aryl methyl sites for hydroxylation is 1. The zero-order chi connectivity index (χ0) is 27.9. The Balaban J connectivity index is 1.24. The van der Waals surface area contributed by atoms with Gasteiger partial charge in [-0.05, 0) is 56.0 Å². The quantitative estimate of drug-likeness (QED) is 0.386. The van der Waals surface area contributed by atoms with Crippen molar-refractivity contribution in [1.82, 2.24) is 4.90 Å². The number of rotatable bonds is 11. The lowest BCUT2D eigenvalue weighted by Gasteiger charge is -2.36. The van der Waals surface area contributed by atoms with Gasteiger partial charge in [-0.3, -0.25) is 19.3 Å². The highest BCUT2D eigenvalue weighted by molar-refractivity contribution is 6.43. The summed E-state index contributed by atoms with van der Waals surface area (Å²) < 4.78 is 5.95. The van der Waals surface area contributed by atoms with E-state index in [0.29, 0.717) is 34.5 Å². The summed E-state index contributed by atoms with van der Waals surface area (Å²) in [6, 6.07) is 10.1. The molecule has 1 unspecified atom stereocenters. The molecule has 3 N–H and O–H groups in total. The average molecular weight is 578 g/mol. The van der Waals surface area contributed by atoms with E-state index in [-0.39, 0.29) is 25.2 Å². The number of carbonyl (C=O) groups is 3. The zero-order valence-corrected chi connectivity index (χ0v) is 23.3. The van der Waals surface area contributed by atoms with Crippen molar-refractivity contribution in [2.75, 3.05) is 49.1 Å². The molecule has 0 radical (unpaired) electrons. The number of carbonyl (C=O) groups excluding carboxylic acids is 2. The Hall–Kier alpha value is -2.85. The number of halogens is 2. The number of nitrogens with two attached hydrogens (primary N) is 1. The molecule has 9 nitrogen and oxygen atoms in total. The molecular formula is C28H34Cl2N4O5. The summed E-state index contributed by atoms with van der Waals surface area (Å²) in [5.74, 6) is -1.39. The van der Waals surface area contributed by atoms with Gasteiger partial charge in [0.05, 0.1) is 34.1 Å². The molecular weight excluding hydrogens is 543 g/mol. The molecule has 0 aliphatic carbocycles. The second-order valence-electron chi connectivity index (χ2n) is 9.85. The van der Waals surface area contributed by atoms with E-state index in [1.54, 1.807) is 12.1 Å². The van der Waals surface area contributed by atoms with Gasteiger partial charge in [0.1, 0.15) is 5.75 Å². The van der Waals surface area contributed by atoms with Gasteiger partial charge in [0.15, 0.2) is 0 Å². The van der Waals surface area contributed by atoms with Crippen molar-refractivity contribution in [2.24, 2.45) is 5.73 Å². The number of piperazine rings is 1. The Morgan fingerprint density at radius 2 is 1.79 bits per heavy atom. The summed E-state index contributed by atoms with van der Waals surface area (Å²) >= 11 is 12.5. The van der Waals surface area contributed by atoms with Crippen LogP contribution in [0.25, 0.3) is 0 Å². The Labute approximate surface area is 238 Å². The van der Waals surface area contributed by atoms with Crippen LogP contribution in [-0.4, -0.2) is 73.2 Å². The van der Waals surface area contributed by atoms with E-state index in [0.717, 1.165) is 61.7 Å². The minimum atomic E-state index is -1.06. The monoisotopic (exact) mass is 576 g/mol. The van der Waals surface area contributed by atoms with Crippen LogP contribution in [0.15, 0.2) is 36.4 Å². The van der Waals surface area contributed by atoms with Gasteiger partial charge >= 0.3 is 5.97 Å². The van der Waals surface area contributed by atoms with E-state index in [2.05, 4.69) is 9.80 Å². The number of ether oxygens (including phenoxy) is 1. The van der Waals surface area contributed by atoms with Crippen LogP contribution in [0.1, 0.15) is 37.7 Å². The molecule has 0 saturated carbocycles. The summed E-state index contributed by atoms with van der Waals surface area (Å²) in [5.41, 5.74) is 8.23. The first-order valence-electron chi connectivity index (χ1n) is 13.3. The van der Waals surface area contributed by atoms with Crippen LogP contribution in [0, 0.1) is 0 Å². The Morgan fingerprint density at radius 3 is 2.54 bits per heavy atom. The summed E-state index contributed by atoms with van der Waals surface area (Å²) in [5, 5.41) is 10.1. The van der Waals surface area contributed by atoms with Gasteiger partial charge in [0.25, 0.3) is 5.91 Å². The molecule has 210 valence electrons. The van der Waals surface area contributed by atoms with Crippen LogP contribution in [0.5, 0.6) is 5.75 Å². The van der Waals surface area contributed by atoms with Crippen LogP contribution in [0.4, 0.5) is 11.4 Å². The molecule has 1 fully saturated rings. The first kappa shape index (κ1) is 29.1. The third-order valence-corrected chi connectivity index (χ3v) is 7.95. The molecule has 0 aromatic heterocycles. The third-order valence-electron chi connectivity index (χ3n) is 7.14. The molecule has 39 heavy (non-hydrogen) atoms. The molecule has 1 saturated heterocycles. The van der Waals surface area contributed by atoms with Crippen LogP contribution in [0.3, 0.4) is 0 Å². The van der Waals surface area contributed by atoms with E-state index in [4.69, 9.17) is 38.8 Å². The van der Waals surface area contributed by atoms with E-state index in [1.807, 2.05) is 24.3 Å². The van der Waals surface area contributed by atoms with Gasteiger partial charge in [0.2, 0.25) is 5.91 Å². The van der Waals surface area contributed by atoms with Crippen LogP contribution < -0.4 is 20.3 Å². The molecule has 4 rings (SSSR count). The maximum atomic E-state index is 12.9. The van der Waals surface area contributed by atoms with E-state index >= 15 is 0 Å². The normalized spacial score (nSPS) is 16.6. The third kappa shape index (κ3) is 7.42. The molecule has 2 aromatic carbocycles. The lowest BCUT2D eigenvalue weighted by Crippen LogP contribution is -2.49. The number of carboxylic acids is 1. The summed E-state index contributed by atoms with van der Waals surface area (Å²) in [6.07, 6.45) is 2.29. The number of unbranched alkanes of at least 4 members (excludes halogenated alkanes) is 1. The van der Waals surface area contributed by atoms with Gasteiger partial charge in [-0.25, -0.2) is 4.90 Å². The van der Waals surface area contributed by atoms with Crippen molar-refractivity contribution < 1.29 is 24.2 Å². The number of hydrogen-bond acceptors (Lipinski definition) is 7. The second-order valence-corrected chi connectivity index (χ2v) is 10.6. The van der Waals surface area contributed by atoms with Crippen LogP contribution in [-0.2, 0) is 20.8 Å². The number of benzene rings is 2. The number of amides is 2. The van der Waals surface area contributed by atoms with Crippen molar-refractivity contribution in [2.45, 2.75) is 44.6 Å². The number of carboxylic acid groups (broad SMARTS) is 1. The SMILES string of the molecule is NC(CCC(=O)O)C(=O)N1C(=O)CCc2ccc(OCCCCN3CCN(c4cccc(Cl)c4Cl)CC3)cc21. The molecule has 2 aliphatic rings. The molecule has 2 aromatic rings. The molecule has 0 bridgehead atoms.